The van der Waals surface area contributed by atoms with E-state index in [9.17, 15) is 13.6 Å². The molecule has 0 bridgehead atoms. The van der Waals surface area contributed by atoms with Gasteiger partial charge in [0, 0.05) is 38.8 Å². The molecule has 176 valence electrons. The second kappa shape index (κ2) is 9.06. The summed E-state index contributed by atoms with van der Waals surface area (Å²) in [4.78, 5) is 25.2. The van der Waals surface area contributed by atoms with E-state index in [-0.39, 0.29) is 17.1 Å². The molecule has 1 fully saturated rings. The van der Waals surface area contributed by atoms with Gasteiger partial charge in [0.05, 0.1) is 17.9 Å². The van der Waals surface area contributed by atoms with Crippen LogP contribution >= 0.6 is 11.3 Å². The number of amides is 1. The molecule has 0 saturated carbocycles. The molecule has 1 amide bonds. The Labute approximate surface area is 195 Å². The molecule has 8 nitrogen and oxygen atoms in total. The number of hydrogen-bond donors (Lipinski definition) is 3. The van der Waals surface area contributed by atoms with E-state index in [4.69, 9.17) is 11.5 Å². The highest BCUT2D eigenvalue weighted by Crippen LogP contribution is 2.32. The Kier molecular flexibility index (Phi) is 6.35. The van der Waals surface area contributed by atoms with Crippen LogP contribution in [0.15, 0.2) is 47.6 Å². The van der Waals surface area contributed by atoms with Crippen molar-refractivity contribution in [2.24, 2.45) is 5.73 Å². The minimum atomic E-state index is -2.92. The molecular formula is C22H27F2N7OS. The number of nitrogens with two attached hydrogens (primary N) is 2. The van der Waals surface area contributed by atoms with Crippen LogP contribution in [0, 0.1) is 0 Å². The van der Waals surface area contributed by atoms with Crippen molar-refractivity contribution in [3.8, 4) is 10.7 Å². The Morgan fingerprint density at radius 1 is 1.36 bits per heavy atom. The summed E-state index contributed by atoms with van der Waals surface area (Å²) in [7, 11) is 1.82. The molecule has 0 aromatic carbocycles. The summed E-state index contributed by atoms with van der Waals surface area (Å²) in [6.07, 6.45) is 3.52. The lowest BCUT2D eigenvalue weighted by molar-refractivity contribution is -0.0302. The lowest BCUT2D eigenvalue weighted by atomic mass is 10.1. The van der Waals surface area contributed by atoms with Crippen LogP contribution in [0.25, 0.3) is 10.7 Å². The third-order valence-corrected chi connectivity index (χ3v) is 6.44. The number of hydrogen-bond acceptors (Lipinski definition) is 8. The van der Waals surface area contributed by atoms with Gasteiger partial charge in [-0.25, -0.2) is 13.8 Å². The van der Waals surface area contributed by atoms with Crippen molar-refractivity contribution in [1.82, 2.24) is 25.1 Å². The van der Waals surface area contributed by atoms with Crippen molar-refractivity contribution in [2.45, 2.75) is 31.7 Å². The fraction of sp³-hybridized carbons (Fsp3) is 0.409. The smallest absolute Gasteiger partial charge is 0.277 e. The summed E-state index contributed by atoms with van der Waals surface area (Å²) in [6, 6.07) is 4.82. The van der Waals surface area contributed by atoms with Gasteiger partial charge in [-0.15, -0.1) is 0 Å². The SMILES string of the molecule is CC1=CC(NC(=O)c2nc(-c3ccccn3)sc2N)=C(N2CCC(N)CC(F)(F)C2)N(C)C1. The maximum atomic E-state index is 14.5. The lowest BCUT2D eigenvalue weighted by Gasteiger charge is -2.38. The van der Waals surface area contributed by atoms with Crippen LogP contribution in [0.5, 0.6) is 0 Å². The Morgan fingerprint density at radius 2 is 2.15 bits per heavy atom. The van der Waals surface area contributed by atoms with E-state index in [2.05, 4.69) is 15.3 Å². The maximum Gasteiger partial charge on any atom is 0.277 e. The molecule has 0 spiro atoms. The van der Waals surface area contributed by atoms with Crippen molar-refractivity contribution in [3.05, 3.63) is 53.3 Å². The second-order valence-corrected chi connectivity index (χ2v) is 9.55. The fourth-order valence-electron chi connectivity index (χ4n) is 4.20. The van der Waals surface area contributed by atoms with Crippen molar-refractivity contribution in [2.75, 3.05) is 32.4 Å². The highest BCUT2D eigenvalue weighted by Gasteiger charge is 2.39. The van der Waals surface area contributed by atoms with Gasteiger partial charge in [0.2, 0.25) is 0 Å². The van der Waals surface area contributed by atoms with Gasteiger partial charge in [-0.3, -0.25) is 9.78 Å². The number of pyridine rings is 1. The average Bonchev–Trinajstić information content (AvgIpc) is 3.06. The van der Waals surface area contributed by atoms with Crippen molar-refractivity contribution < 1.29 is 13.6 Å². The van der Waals surface area contributed by atoms with Gasteiger partial charge in [-0.2, -0.15) is 0 Å². The number of halogens is 2. The van der Waals surface area contributed by atoms with Crippen LogP contribution in [0.4, 0.5) is 13.8 Å². The highest BCUT2D eigenvalue weighted by atomic mass is 32.1. The van der Waals surface area contributed by atoms with Gasteiger partial charge in [-0.1, -0.05) is 23.0 Å². The topological polar surface area (TPSA) is 113 Å². The number of carbonyl (C=O) groups is 1. The van der Waals surface area contributed by atoms with E-state index in [0.29, 0.717) is 41.7 Å². The molecule has 4 heterocycles. The first kappa shape index (κ1) is 23.1. The van der Waals surface area contributed by atoms with E-state index in [1.165, 1.54) is 11.3 Å². The van der Waals surface area contributed by atoms with Crippen molar-refractivity contribution in [3.63, 3.8) is 0 Å². The predicted octanol–water partition coefficient (Wildman–Crippen LogP) is 2.64. The fourth-order valence-corrected chi connectivity index (χ4v) is 5.01. The number of nitrogens with one attached hydrogen (secondary N) is 1. The number of aromatic nitrogens is 2. The summed E-state index contributed by atoms with van der Waals surface area (Å²) in [5.41, 5.74) is 14.1. The first-order valence-electron chi connectivity index (χ1n) is 10.6. The number of thiazole rings is 1. The maximum absolute atomic E-state index is 14.5. The third kappa shape index (κ3) is 5.14. The molecule has 4 rings (SSSR count). The number of alkyl halides is 2. The van der Waals surface area contributed by atoms with Crippen LogP contribution in [0.2, 0.25) is 0 Å². The Morgan fingerprint density at radius 3 is 2.88 bits per heavy atom. The molecule has 2 aromatic heterocycles. The van der Waals surface area contributed by atoms with Gasteiger partial charge in [0.1, 0.15) is 15.8 Å². The monoisotopic (exact) mass is 475 g/mol. The van der Waals surface area contributed by atoms with Crippen LogP contribution in [-0.2, 0) is 0 Å². The van der Waals surface area contributed by atoms with Gasteiger partial charge in [0.15, 0.2) is 5.69 Å². The summed E-state index contributed by atoms with van der Waals surface area (Å²) in [6.45, 7) is 2.38. The molecule has 2 aromatic rings. The van der Waals surface area contributed by atoms with Gasteiger partial charge < -0.3 is 26.6 Å². The summed E-state index contributed by atoms with van der Waals surface area (Å²) in [5.74, 6) is -2.90. The zero-order valence-corrected chi connectivity index (χ0v) is 19.3. The molecule has 2 aliphatic heterocycles. The summed E-state index contributed by atoms with van der Waals surface area (Å²) in [5, 5.41) is 3.64. The van der Waals surface area contributed by atoms with E-state index < -0.39 is 24.4 Å². The predicted molar refractivity (Wildman–Crippen MR) is 124 cm³/mol. The summed E-state index contributed by atoms with van der Waals surface area (Å²) >= 11 is 1.17. The highest BCUT2D eigenvalue weighted by molar-refractivity contribution is 7.19. The molecule has 5 N–H and O–H groups in total. The number of allylic oxidation sites excluding steroid dienone is 1. The Bertz CT molecular complexity index is 1100. The van der Waals surface area contributed by atoms with Crippen LogP contribution in [-0.4, -0.2) is 64.3 Å². The number of anilines is 1. The van der Waals surface area contributed by atoms with E-state index >= 15 is 0 Å². The Balaban J connectivity index is 1.65. The molecule has 2 aliphatic rings. The first-order valence-corrected chi connectivity index (χ1v) is 11.4. The molecule has 1 saturated heterocycles. The van der Waals surface area contributed by atoms with Crippen LogP contribution in [0.3, 0.4) is 0 Å². The Hall–Kier alpha value is -3.05. The molecular weight excluding hydrogens is 448 g/mol. The molecule has 0 radical (unpaired) electrons. The number of nitrogen functional groups attached to an aromatic ring is 1. The van der Waals surface area contributed by atoms with Crippen LogP contribution in [0.1, 0.15) is 30.3 Å². The number of likely N-dealkylation sites (N-methyl/N-ethyl adjacent to an activating group) is 1. The molecule has 0 aliphatic carbocycles. The van der Waals surface area contributed by atoms with E-state index in [1.807, 2.05) is 24.9 Å². The minimum absolute atomic E-state index is 0.0787. The van der Waals surface area contributed by atoms with E-state index in [1.54, 1.807) is 29.3 Å². The zero-order chi connectivity index (χ0) is 23.8. The van der Waals surface area contributed by atoms with Gasteiger partial charge >= 0.3 is 0 Å². The molecule has 1 unspecified atom stereocenters. The van der Waals surface area contributed by atoms with Gasteiger partial charge in [0.25, 0.3) is 11.8 Å². The number of carbonyl (C=O) groups excluding carboxylic acids is 1. The van der Waals surface area contributed by atoms with Gasteiger partial charge in [-0.05, 0) is 31.6 Å². The largest absolute Gasteiger partial charge is 0.389 e. The minimum Gasteiger partial charge on any atom is -0.389 e. The molecule has 11 heteroatoms. The second-order valence-electron chi connectivity index (χ2n) is 8.52. The van der Waals surface area contributed by atoms with Crippen LogP contribution < -0.4 is 16.8 Å². The van der Waals surface area contributed by atoms with Crippen molar-refractivity contribution >= 4 is 22.2 Å². The first-order chi connectivity index (χ1) is 15.6. The van der Waals surface area contributed by atoms with E-state index in [0.717, 1.165) is 5.57 Å². The summed E-state index contributed by atoms with van der Waals surface area (Å²) < 4.78 is 29.0. The number of likely N-dealkylation sites (tertiary alicyclic amines) is 1. The molecule has 1 atom stereocenters. The average molecular weight is 476 g/mol. The molecule has 33 heavy (non-hydrogen) atoms. The quantitative estimate of drug-likeness (QED) is 0.623. The third-order valence-electron chi connectivity index (χ3n) is 5.53. The lowest BCUT2D eigenvalue weighted by Crippen LogP contribution is -2.44. The zero-order valence-electron chi connectivity index (χ0n) is 18.5. The number of rotatable bonds is 4. The van der Waals surface area contributed by atoms with Crippen molar-refractivity contribution in [1.29, 1.82) is 0 Å². The standard InChI is InChI=1S/C22H27F2N7OS/c1-13-9-16(21(30(2)11-13)31-8-6-14(25)10-22(23,24)12-31)28-19(32)17-18(26)33-20(29-17)15-5-3-4-7-27-15/h3-5,7,9,14H,6,8,10-12,25-26H2,1-2H3,(H,28,32). The normalized spacial score (nSPS) is 21.0. The number of nitrogens with zero attached hydrogens (tertiary/aromatic N) is 4.